The summed E-state index contributed by atoms with van der Waals surface area (Å²) in [6.07, 6.45) is 1.13. The molecule has 2 aromatic rings. The average molecular weight is 407 g/mol. The van der Waals surface area contributed by atoms with Gasteiger partial charge in [0.2, 0.25) is 10.0 Å². The largest absolute Gasteiger partial charge is 0.460 e. The predicted molar refractivity (Wildman–Crippen MR) is 101 cm³/mol. The molecule has 9 nitrogen and oxygen atoms in total. The maximum Gasteiger partial charge on any atom is 0.308 e. The van der Waals surface area contributed by atoms with Crippen LogP contribution in [0.4, 0.5) is 5.69 Å². The summed E-state index contributed by atoms with van der Waals surface area (Å²) in [5.74, 6) is -0.631. The molecule has 0 spiro atoms. The highest BCUT2D eigenvalue weighted by molar-refractivity contribution is 7.89. The number of ether oxygens (including phenoxy) is 1. The standard InChI is InChI=1S/C18H21N3O6S/c1-18(2,3)27-17(22)12-14(13-8-6-7-11-19-13)20-28(25,26)16-10-5-4-9-15(16)21(23)24/h4-11,14,20H,12H2,1-3H3/t14-/m1/s1. The van der Waals surface area contributed by atoms with E-state index in [9.17, 15) is 23.3 Å². The van der Waals surface area contributed by atoms with Crippen molar-refractivity contribution < 1.29 is 22.9 Å². The summed E-state index contributed by atoms with van der Waals surface area (Å²) in [5.41, 5.74) is -1.02. The van der Waals surface area contributed by atoms with Gasteiger partial charge in [-0.2, -0.15) is 0 Å². The zero-order valence-electron chi connectivity index (χ0n) is 15.7. The third kappa shape index (κ3) is 5.83. The fraction of sp³-hybridized carbons (Fsp3) is 0.333. The van der Waals surface area contributed by atoms with Crippen molar-refractivity contribution in [1.82, 2.24) is 9.71 Å². The first-order valence-electron chi connectivity index (χ1n) is 8.38. The number of hydrogen-bond donors (Lipinski definition) is 1. The van der Waals surface area contributed by atoms with Gasteiger partial charge in [-0.05, 0) is 39.0 Å². The van der Waals surface area contributed by atoms with E-state index in [2.05, 4.69) is 9.71 Å². The highest BCUT2D eigenvalue weighted by Gasteiger charge is 2.31. The number of carbonyl (C=O) groups excluding carboxylic acids is 1. The predicted octanol–water partition coefficient (Wildman–Crippen LogP) is 2.74. The van der Waals surface area contributed by atoms with Crippen molar-refractivity contribution in [3.05, 3.63) is 64.5 Å². The van der Waals surface area contributed by atoms with E-state index in [0.717, 1.165) is 12.1 Å². The Labute approximate surface area is 163 Å². The van der Waals surface area contributed by atoms with Gasteiger partial charge in [-0.3, -0.25) is 19.9 Å². The second kappa shape index (κ2) is 8.44. The normalized spacial score (nSPS) is 13.0. The average Bonchev–Trinajstić information content (AvgIpc) is 2.60. The van der Waals surface area contributed by atoms with Gasteiger partial charge in [0.05, 0.1) is 23.1 Å². The number of hydrogen-bond acceptors (Lipinski definition) is 7. The lowest BCUT2D eigenvalue weighted by molar-refractivity contribution is -0.387. The third-order valence-electron chi connectivity index (χ3n) is 3.48. The van der Waals surface area contributed by atoms with Crippen LogP contribution in [-0.2, 0) is 19.6 Å². The topological polar surface area (TPSA) is 128 Å². The molecule has 28 heavy (non-hydrogen) atoms. The quantitative estimate of drug-likeness (QED) is 0.424. The van der Waals surface area contributed by atoms with Crippen LogP contribution in [0.1, 0.15) is 38.9 Å². The number of esters is 1. The molecule has 0 aliphatic carbocycles. The summed E-state index contributed by atoms with van der Waals surface area (Å²) in [5, 5.41) is 11.2. The summed E-state index contributed by atoms with van der Waals surface area (Å²) in [4.78, 5) is 26.3. The Morgan fingerprint density at radius 1 is 1.21 bits per heavy atom. The first-order valence-corrected chi connectivity index (χ1v) is 9.86. The highest BCUT2D eigenvalue weighted by atomic mass is 32.2. The number of nitro groups is 1. The van der Waals surface area contributed by atoms with E-state index < -0.39 is 43.1 Å². The summed E-state index contributed by atoms with van der Waals surface area (Å²) < 4.78 is 33.2. The van der Waals surface area contributed by atoms with Crippen molar-refractivity contribution in [2.24, 2.45) is 0 Å². The van der Waals surface area contributed by atoms with Gasteiger partial charge in [-0.15, -0.1) is 0 Å². The molecular weight excluding hydrogens is 386 g/mol. The molecule has 1 atom stereocenters. The van der Waals surface area contributed by atoms with Crippen molar-refractivity contribution in [3.8, 4) is 0 Å². The zero-order valence-corrected chi connectivity index (χ0v) is 16.5. The number of nitrogens with zero attached hydrogens (tertiary/aromatic N) is 2. The number of sulfonamides is 1. The molecule has 0 aliphatic heterocycles. The Balaban J connectivity index is 2.37. The SMILES string of the molecule is CC(C)(C)OC(=O)C[C@@H](NS(=O)(=O)c1ccccc1[N+](=O)[O-])c1ccccn1. The van der Waals surface area contributed by atoms with Crippen LogP contribution in [0.15, 0.2) is 53.6 Å². The van der Waals surface area contributed by atoms with Gasteiger partial charge < -0.3 is 4.74 Å². The number of nitro benzene ring substituents is 1. The maximum absolute atomic E-state index is 12.8. The molecule has 0 saturated heterocycles. The van der Waals surface area contributed by atoms with Crippen LogP contribution in [-0.4, -0.2) is 29.9 Å². The van der Waals surface area contributed by atoms with Crippen LogP contribution in [0.5, 0.6) is 0 Å². The molecule has 0 unspecified atom stereocenters. The summed E-state index contributed by atoms with van der Waals surface area (Å²) in [7, 11) is -4.31. The number of rotatable bonds is 7. The van der Waals surface area contributed by atoms with Gasteiger partial charge in [0.25, 0.3) is 5.69 Å². The minimum atomic E-state index is -4.31. The van der Waals surface area contributed by atoms with E-state index in [4.69, 9.17) is 4.74 Å². The maximum atomic E-state index is 12.8. The van der Waals surface area contributed by atoms with Crippen molar-refractivity contribution >= 4 is 21.7 Å². The Morgan fingerprint density at radius 3 is 2.43 bits per heavy atom. The molecule has 1 aromatic heterocycles. The van der Waals surface area contributed by atoms with Crippen molar-refractivity contribution in [1.29, 1.82) is 0 Å². The second-order valence-electron chi connectivity index (χ2n) is 6.94. The summed E-state index contributed by atoms with van der Waals surface area (Å²) in [6.45, 7) is 5.08. The fourth-order valence-corrected chi connectivity index (χ4v) is 3.81. The highest BCUT2D eigenvalue weighted by Crippen LogP contribution is 2.26. The number of pyridine rings is 1. The lowest BCUT2D eigenvalue weighted by atomic mass is 10.1. The van der Waals surface area contributed by atoms with Gasteiger partial charge in [-0.1, -0.05) is 18.2 Å². The first kappa shape index (κ1) is 21.5. The number of aromatic nitrogens is 1. The molecule has 1 heterocycles. The van der Waals surface area contributed by atoms with Gasteiger partial charge in [0, 0.05) is 12.3 Å². The van der Waals surface area contributed by atoms with E-state index in [1.165, 1.54) is 18.3 Å². The van der Waals surface area contributed by atoms with Crippen LogP contribution >= 0.6 is 0 Å². The Morgan fingerprint density at radius 2 is 1.86 bits per heavy atom. The molecule has 10 heteroatoms. The molecule has 2 rings (SSSR count). The van der Waals surface area contributed by atoms with Gasteiger partial charge >= 0.3 is 5.97 Å². The fourth-order valence-electron chi connectivity index (χ4n) is 2.42. The summed E-state index contributed by atoms with van der Waals surface area (Å²) >= 11 is 0. The lowest BCUT2D eigenvalue weighted by Gasteiger charge is -2.22. The molecular formula is C18H21N3O6S. The van der Waals surface area contributed by atoms with Crippen molar-refractivity contribution in [2.75, 3.05) is 0 Å². The number of nitrogens with one attached hydrogen (secondary N) is 1. The second-order valence-corrected chi connectivity index (χ2v) is 8.63. The Hall–Kier alpha value is -2.85. The summed E-state index contributed by atoms with van der Waals surface area (Å²) in [6, 6.07) is 8.76. The Bertz CT molecular complexity index is 955. The first-order chi connectivity index (χ1) is 13.0. The molecule has 0 radical (unpaired) electrons. The van der Waals surface area contributed by atoms with Crippen molar-refractivity contribution in [2.45, 2.75) is 43.7 Å². The van der Waals surface area contributed by atoms with Crippen LogP contribution in [0.2, 0.25) is 0 Å². The van der Waals surface area contributed by atoms with Crippen molar-refractivity contribution in [3.63, 3.8) is 0 Å². The molecule has 1 N–H and O–H groups in total. The van der Waals surface area contributed by atoms with Crippen LogP contribution in [0.25, 0.3) is 0 Å². The van der Waals surface area contributed by atoms with Gasteiger partial charge in [0.15, 0.2) is 4.90 Å². The smallest absolute Gasteiger partial charge is 0.308 e. The molecule has 0 amide bonds. The Kier molecular flexibility index (Phi) is 6.47. The third-order valence-corrected chi connectivity index (χ3v) is 5.00. The number of para-hydroxylation sites is 1. The molecule has 0 bridgehead atoms. The van der Waals surface area contributed by atoms with Crippen LogP contribution in [0, 0.1) is 10.1 Å². The van der Waals surface area contributed by atoms with Crippen LogP contribution < -0.4 is 4.72 Å². The van der Waals surface area contributed by atoms with E-state index in [0.29, 0.717) is 0 Å². The van der Waals surface area contributed by atoms with E-state index in [-0.39, 0.29) is 12.1 Å². The molecule has 0 aliphatic rings. The number of carbonyl (C=O) groups is 1. The van der Waals surface area contributed by atoms with Gasteiger partial charge in [0.1, 0.15) is 5.60 Å². The molecule has 0 saturated carbocycles. The minimum absolute atomic E-state index is 0.288. The minimum Gasteiger partial charge on any atom is -0.460 e. The molecule has 1 aromatic carbocycles. The van der Waals surface area contributed by atoms with E-state index in [1.807, 2.05) is 0 Å². The molecule has 0 fully saturated rings. The van der Waals surface area contributed by atoms with E-state index >= 15 is 0 Å². The number of benzene rings is 1. The lowest BCUT2D eigenvalue weighted by Crippen LogP contribution is -2.33. The van der Waals surface area contributed by atoms with Gasteiger partial charge in [-0.25, -0.2) is 13.1 Å². The van der Waals surface area contributed by atoms with E-state index in [1.54, 1.807) is 39.0 Å². The zero-order chi connectivity index (χ0) is 20.9. The molecule has 150 valence electrons. The monoisotopic (exact) mass is 407 g/mol. The van der Waals surface area contributed by atoms with Crippen LogP contribution in [0.3, 0.4) is 0 Å².